The normalized spacial score (nSPS) is 21.4. The Balaban J connectivity index is 0.000000174. The zero-order valence-electron chi connectivity index (χ0n) is 39.0. The molecule has 4 aliphatic heterocycles. The van der Waals surface area contributed by atoms with Crippen LogP contribution in [0.4, 0.5) is 11.6 Å². The minimum absolute atomic E-state index is 0.0384. The van der Waals surface area contributed by atoms with Gasteiger partial charge in [-0.3, -0.25) is 19.4 Å². The number of benzene rings is 2. The van der Waals surface area contributed by atoms with Gasteiger partial charge < -0.3 is 51.2 Å². The Morgan fingerprint density at radius 3 is 1.49 bits per heavy atom. The van der Waals surface area contributed by atoms with E-state index in [1.807, 2.05) is 72.8 Å². The van der Waals surface area contributed by atoms with E-state index in [0.717, 1.165) is 80.0 Å². The second kappa shape index (κ2) is 22.7. The van der Waals surface area contributed by atoms with Crippen LogP contribution in [0.2, 0.25) is 0 Å². The summed E-state index contributed by atoms with van der Waals surface area (Å²) in [5.41, 5.74) is 4.58. The topological polar surface area (TPSA) is 240 Å². The third kappa shape index (κ3) is 12.0. The van der Waals surface area contributed by atoms with E-state index in [1.54, 1.807) is 26.4 Å². The number of ether oxygens (including phenoxy) is 2. The molecule has 8 N–H and O–H groups in total. The summed E-state index contributed by atoms with van der Waals surface area (Å²) < 4.78 is 10.5. The van der Waals surface area contributed by atoms with Crippen molar-refractivity contribution >= 4 is 68.8 Å². The summed E-state index contributed by atoms with van der Waals surface area (Å²) in [5.74, 6) is 2.98. The molecule has 2 fully saturated rings. The second-order valence-electron chi connectivity index (χ2n) is 17.8. The number of hydrogen-bond acceptors (Lipinski definition) is 18. The fourth-order valence-corrected chi connectivity index (χ4v) is 10.7. The summed E-state index contributed by atoms with van der Waals surface area (Å²) in [6.45, 7) is 4.23. The number of aliphatic hydroxyl groups is 4. The molecular formula is C50H58N10O8S2. The van der Waals surface area contributed by atoms with E-state index in [9.17, 15) is 30.0 Å². The molecule has 0 aliphatic carbocycles. The van der Waals surface area contributed by atoms with Crippen molar-refractivity contribution in [3.05, 3.63) is 107 Å². The van der Waals surface area contributed by atoms with Gasteiger partial charge in [-0.1, -0.05) is 36.4 Å². The summed E-state index contributed by atoms with van der Waals surface area (Å²) >= 11 is 2.97. The van der Waals surface area contributed by atoms with Gasteiger partial charge in [-0.2, -0.15) is 0 Å². The number of fused-ring (bicyclic) bond motifs is 4. The smallest absolute Gasteiger partial charge is 0.235 e. The highest BCUT2D eigenvalue weighted by atomic mass is 32.2. The first kappa shape index (κ1) is 49.5. The van der Waals surface area contributed by atoms with Gasteiger partial charge in [0.15, 0.2) is 0 Å². The van der Waals surface area contributed by atoms with E-state index < -0.39 is 24.4 Å². The van der Waals surface area contributed by atoms with E-state index in [1.165, 1.54) is 23.5 Å². The molecule has 2 saturated heterocycles. The van der Waals surface area contributed by atoms with Crippen LogP contribution in [0.1, 0.15) is 47.6 Å². The summed E-state index contributed by atoms with van der Waals surface area (Å²) in [6.07, 6.45) is -1.13. The summed E-state index contributed by atoms with van der Waals surface area (Å²) in [6, 6.07) is 26.7. The van der Waals surface area contributed by atoms with Crippen LogP contribution in [0.15, 0.2) is 94.7 Å². The van der Waals surface area contributed by atoms with Crippen molar-refractivity contribution in [1.82, 2.24) is 40.4 Å². The Morgan fingerprint density at radius 2 is 1.07 bits per heavy atom. The molecule has 20 heteroatoms. The van der Waals surface area contributed by atoms with Gasteiger partial charge in [0, 0.05) is 85.4 Å². The van der Waals surface area contributed by atoms with Crippen LogP contribution in [0, 0.1) is 0 Å². The minimum atomic E-state index is -0.734. The van der Waals surface area contributed by atoms with Gasteiger partial charge in [0.2, 0.25) is 23.6 Å². The zero-order chi connectivity index (χ0) is 48.7. The molecule has 6 atom stereocenters. The summed E-state index contributed by atoms with van der Waals surface area (Å²) in [7, 11) is 3.15. The minimum Gasteiger partial charge on any atom is -0.481 e. The lowest BCUT2D eigenvalue weighted by molar-refractivity contribution is -0.114. The van der Waals surface area contributed by atoms with Crippen LogP contribution in [0.3, 0.4) is 0 Å². The number of nitrogens with one attached hydrogen (secondary N) is 4. The lowest BCUT2D eigenvalue weighted by Gasteiger charge is -2.37. The quantitative estimate of drug-likeness (QED) is 0.0773. The van der Waals surface area contributed by atoms with Crippen LogP contribution in [-0.2, 0) is 22.7 Å². The van der Waals surface area contributed by atoms with Crippen molar-refractivity contribution < 1.29 is 39.5 Å². The average molecular weight is 991 g/mol. The van der Waals surface area contributed by atoms with E-state index in [0.29, 0.717) is 74.2 Å². The number of anilines is 2. The van der Waals surface area contributed by atoms with Crippen LogP contribution >= 0.6 is 23.5 Å². The van der Waals surface area contributed by atoms with Crippen molar-refractivity contribution in [1.29, 1.82) is 0 Å². The van der Waals surface area contributed by atoms with Gasteiger partial charge >= 0.3 is 0 Å². The zero-order valence-corrected chi connectivity index (χ0v) is 40.6. The van der Waals surface area contributed by atoms with E-state index >= 15 is 0 Å². The first-order chi connectivity index (χ1) is 34.0. The Kier molecular flexibility index (Phi) is 16.0. The van der Waals surface area contributed by atoms with Gasteiger partial charge in [-0.05, 0) is 62.3 Å². The Labute approximate surface area is 414 Å². The van der Waals surface area contributed by atoms with Crippen molar-refractivity contribution in [3.8, 4) is 11.8 Å². The highest BCUT2D eigenvalue weighted by molar-refractivity contribution is 8.00. The van der Waals surface area contributed by atoms with E-state index in [-0.39, 0.29) is 23.9 Å². The molecule has 70 heavy (non-hydrogen) atoms. The molecule has 368 valence electrons. The van der Waals surface area contributed by atoms with Crippen molar-refractivity contribution in [2.45, 2.75) is 72.2 Å². The van der Waals surface area contributed by atoms with Crippen molar-refractivity contribution in [2.75, 3.05) is 75.6 Å². The maximum atomic E-state index is 11.6. The third-order valence-electron chi connectivity index (χ3n) is 12.9. The predicted molar refractivity (Wildman–Crippen MR) is 269 cm³/mol. The van der Waals surface area contributed by atoms with E-state index in [4.69, 9.17) is 9.47 Å². The number of β-amino-alcohol motifs (C(OH)–C–C–N with tert-alkyl or cyclic N) is 4. The Hall–Kier alpha value is -5.52. The molecule has 4 aromatic heterocycles. The molecule has 10 rings (SSSR count). The first-order valence-electron chi connectivity index (χ1n) is 23.4. The number of pyridine rings is 4. The number of aliphatic hydroxyl groups excluding tert-OH is 4. The highest BCUT2D eigenvalue weighted by Crippen LogP contribution is 2.32. The predicted octanol–water partition coefficient (Wildman–Crippen LogP) is 3.88. The van der Waals surface area contributed by atoms with Crippen LogP contribution in [0.5, 0.6) is 11.8 Å². The number of hydrogen-bond donors (Lipinski definition) is 8. The SMILES string of the molecule is COc1ccc2cccc(C(O)CN3CC[C@@H](NCc4ccc5c(n4)NC(=O)CS5)[C@H](O)C3)c2n1.COc1ccc2cccc(C(O)CN3CC[C@H](NCc4ccc5c(n4)NC(=O)CS5)[C@@H](O)C3)c2n1. The largest absolute Gasteiger partial charge is 0.481 e. The standard InChI is InChI=1S/2C25H29N5O4S/c2*1-34-23-8-5-15-3-2-4-17(24(15)29-23)19(31)12-30-10-9-18(20(32)13-30)26-11-16-6-7-21-25(27-16)28-22(33)14-35-21/h2*2-8,18-20,26,31-32H,9-14H2,1H3,(H,27,28,33)/t2*18-,19?,20-/m10/s1. The monoisotopic (exact) mass is 990 g/mol. The fraction of sp³-hybridized carbons (Fsp3) is 0.400. The lowest BCUT2D eigenvalue weighted by atomic mass is 9.99. The molecule has 2 amide bonds. The molecule has 6 aromatic rings. The number of rotatable bonds is 14. The van der Waals surface area contributed by atoms with Crippen LogP contribution in [0.25, 0.3) is 21.8 Å². The number of carbonyl (C=O) groups excluding carboxylic acids is 2. The molecule has 18 nitrogen and oxygen atoms in total. The number of amides is 2. The molecule has 2 aromatic carbocycles. The number of methoxy groups -OCH3 is 2. The van der Waals surface area contributed by atoms with E-state index in [2.05, 4.69) is 51.0 Å². The van der Waals surface area contributed by atoms with Crippen LogP contribution in [-0.4, -0.2) is 151 Å². The second-order valence-corrected chi connectivity index (χ2v) is 19.8. The molecule has 0 radical (unpaired) electrons. The number of nitrogens with zero attached hydrogens (tertiary/aromatic N) is 6. The van der Waals surface area contributed by atoms with Gasteiger partial charge in [-0.15, -0.1) is 23.5 Å². The molecular weight excluding hydrogens is 933 g/mol. The summed E-state index contributed by atoms with van der Waals surface area (Å²) in [4.78, 5) is 47.5. The van der Waals surface area contributed by atoms with Gasteiger partial charge in [0.1, 0.15) is 11.6 Å². The van der Waals surface area contributed by atoms with Gasteiger partial charge in [-0.25, -0.2) is 19.9 Å². The van der Waals surface area contributed by atoms with Gasteiger partial charge in [0.25, 0.3) is 0 Å². The average Bonchev–Trinajstić information content (AvgIpc) is 3.37. The number of thioether (sulfide) groups is 2. The number of likely N-dealkylation sites (tertiary alicyclic amines) is 2. The summed E-state index contributed by atoms with van der Waals surface area (Å²) in [5, 5.41) is 57.9. The molecule has 4 aliphatic rings. The van der Waals surface area contributed by atoms with Crippen molar-refractivity contribution in [2.24, 2.45) is 0 Å². The van der Waals surface area contributed by atoms with Gasteiger partial charge in [0.05, 0.1) is 82.4 Å². The third-order valence-corrected chi connectivity index (χ3v) is 15.0. The first-order valence-corrected chi connectivity index (χ1v) is 25.3. The Bertz CT molecular complexity index is 2640. The van der Waals surface area contributed by atoms with Crippen molar-refractivity contribution in [3.63, 3.8) is 0 Å². The fourth-order valence-electron chi connectivity index (χ4n) is 9.23. The molecule has 0 bridgehead atoms. The highest BCUT2D eigenvalue weighted by Gasteiger charge is 2.31. The number of para-hydroxylation sites is 2. The molecule has 0 saturated carbocycles. The Morgan fingerprint density at radius 1 is 0.629 bits per heavy atom. The van der Waals surface area contributed by atoms with Crippen LogP contribution < -0.4 is 30.7 Å². The molecule has 0 spiro atoms. The molecule has 2 unspecified atom stereocenters. The lowest BCUT2D eigenvalue weighted by Crippen LogP contribution is -2.53. The number of carbonyl (C=O) groups is 2. The number of aromatic nitrogens is 4. The molecule has 8 heterocycles. The maximum Gasteiger partial charge on any atom is 0.235 e. The maximum absolute atomic E-state index is 11.6. The number of piperidine rings is 2.